The van der Waals surface area contributed by atoms with Gasteiger partial charge in [-0.2, -0.15) is 5.26 Å². The highest BCUT2D eigenvalue weighted by Gasteiger charge is 2.26. The van der Waals surface area contributed by atoms with Crippen LogP contribution in [-0.4, -0.2) is 36.7 Å². The molecule has 2 fully saturated rings. The molecule has 84 valence electrons. The molecule has 1 atom stereocenters. The third kappa shape index (κ3) is 2.93. The van der Waals surface area contributed by atoms with E-state index in [0.717, 1.165) is 19.7 Å². The molecule has 1 saturated carbocycles. The van der Waals surface area contributed by atoms with E-state index in [2.05, 4.69) is 11.0 Å². The lowest BCUT2D eigenvalue weighted by Crippen LogP contribution is -2.47. The molecule has 1 saturated heterocycles. The molecule has 15 heavy (non-hydrogen) atoms. The van der Waals surface area contributed by atoms with Crippen molar-refractivity contribution in [2.45, 2.75) is 50.7 Å². The summed E-state index contributed by atoms with van der Waals surface area (Å²) in [5.74, 6) is 0. The number of morpholine rings is 1. The first kappa shape index (κ1) is 10.9. The van der Waals surface area contributed by atoms with Crippen LogP contribution in [0, 0.1) is 11.3 Å². The zero-order valence-electron chi connectivity index (χ0n) is 9.32. The lowest BCUT2D eigenvalue weighted by molar-refractivity contribution is -0.0194. The van der Waals surface area contributed by atoms with E-state index in [9.17, 15) is 0 Å². The summed E-state index contributed by atoms with van der Waals surface area (Å²) in [7, 11) is 0. The van der Waals surface area contributed by atoms with Crippen molar-refractivity contribution in [3.63, 3.8) is 0 Å². The highest BCUT2D eigenvalue weighted by molar-refractivity contribution is 4.91. The number of nitriles is 1. The molecule has 2 rings (SSSR count). The average molecular weight is 208 g/mol. The monoisotopic (exact) mass is 208 g/mol. The van der Waals surface area contributed by atoms with Gasteiger partial charge in [0.25, 0.3) is 0 Å². The number of rotatable bonds is 1. The van der Waals surface area contributed by atoms with E-state index in [4.69, 9.17) is 10.00 Å². The molecule has 0 amide bonds. The van der Waals surface area contributed by atoms with Gasteiger partial charge in [0.15, 0.2) is 6.10 Å². The first-order chi connectivity index (χ1) is 7.40. The average Bonchev–Trinajstić information content (AvgIpc) is 2.58. The number of hydrogen-bond donors (Lipinski definition) is 0. The van der Waals surface area contributed by atoms with E-state index in [1.54, 1.807) is 0 Å². The van der Waals surface area contributed by atoms with Crippen LogP contribution < -0.4 is 0 Å². The van der Waals surface area contributed by atoms with Gasteiger partial charge in [0.05, 0.1) is 12.7 Å². The molecule has 0 N–H and O–H groups in total. The fourth-order valence-electron chi connectivity index (χ4n) is 2.70. The van der Waals surface area contributed by atoms with Crippen molar-refractivity contribution < 1.29 is 4.74 Å². The van der Waals surface area contributed by atoms with E-state index < -0.39 is 0 Å². The maximum atomic E-state index is 8.86. The van der Waals surface area contributed by atoms with Gasteiger partial charge in [0.1, 0.15) is 0 Å². The molecule has 0 radical (unpaired) electrons. The summed E-state index contributed by atoms with van der Waals surface area (Å²) in [5, 5.41) is 8.86. The first-order valence-electron chi connectivity index (χ1n) is 6.15. The largest absolute Gasteiger partial charge is 0.361 e. The minimum atomic E-state index is -0.193. The summed E-state index contributed by atoms with van der Waals surface area (Å²) in [6.07, 6.45) is 7.95. The van der Waals surface area contributed by atoms with Crippen LogP contribution in [0.4, 0.5) is 0 Å². The Morgan fingerprint density at radius 3 is 2.53 bits per heavy atom. The minimum Gasteiger partial charge on any atom is -0.361 e. The summed E-state index contributed by atoms with van der Waals surface area (Å²) in [6, 6.07) is 2.94. The second-order valence-corrected chi connectivity index (χ2v) is 4.63. The second-order valence-electron chi connectivity index (χ2n) is 4.63. The summed E-state index contributed by atoms with van der Waals surface area (Å²) in [4.78, 5) is 2.47. The van der Waals surface area contributed by atoms with Crippen molar-refractivity contribution in [1.82, 2.24) is 4.90 Å². The molecule has 3 heteroatoms. The quantitative estimate of drug-likeness (QED) is 0.618. The zero-order valence-corrected chi connectivity index (χ0v) is 9.32. The van der Waals surface area contributed by atoms with Gasteiger partial charge < -0.3 is 4.74 Å². The predicted molar refractivity (Wildman–Crippen MR) is 58.4 cm³/mol. The van der Waals surface area contributed by atoms with Gasteiger partial charge in [0.2, 0.25) is 0 Å². The SMILES string of the molecule is N#CC1CN(C2CCCCCC2)CCO1. The van der Waals surface area contributed by atoms with Crippen molar-refractivity contribution in [3.8, 4) is 6.07 Å². The molecule has 1 unspecified atom stereocenters. The Bertz CT molecular complexity index is 228. The summed E-state index contributed by atoms with van der Waals surface area (Å²) in [5.41, 5.74) is 0. The Balaban J connectivity index is 1.88. The molecule has 3 nitrogen and oxygen atoms in total. The molecule has 0 aromatic rings. The maximum Gasteiger partial charge on any atom is 0.156 e. The zero-order chi connectivity index (χ0) is 10.5. The number of hydrogen-bond acceptors (Lipinski definition) is 3. The van der Waals surface area contributed by atoms with Gasteiger partial charge in [0, 0.05) is 19.1 Å². The second kappa shape index (κ2) is 5.48. The highest BCUT2D eigenvalue weighted by Crippen LogP contribution is 2.23. The maximum absolute atomic E-state index is 8.86. The van der Waals surface area contributed by atoms with Crippen molar-refractivity contribution in [2.75, 3.05) is 19.7 Å². The van der Waals surface area contributed by atoms with E-state index >= 15 is 0 Å². The topological polar surface area (TPSA) is 36.3 Å². The van der Waals surface area contributed by atoms with Gasteiger partial charge in [-0.1, -0.05) is 25.7 Å². The van der Waals surface area contributed by atoms with Crippen molar-refractivity contribution >= 4 is 0 Å². The van der Waals surface area contributed by atoms with Gasteiger partial charge in [-0.15, -0.1) is 0 Å². The summed E-state index contributed by atoms with van der Waals surface area (Å²) < 4.78 is 5.38. The summed E-state index contributed by atoms with van der Waals surface area (Å²) >= 11 is 0. The standard InChI is InChI=1S/C12H20N2O/c13-9-12-10-14(7-8-15-12)11-5-3-1-2-4-6-11/h11-12H,1-8,10H2. The molecule has 1 aliphatic carbocycles. The molecule has 0 bridgehead atoms. The minimum absolute atomic E-state index is 0.193. The normalized spacial score (nSPS) is 30.7. The van der Waals surface area contributed by atoms with Gasteiger partial charge in [-0.05, 0) is 12.8 Å². The number of ether oxygens (including phenoxy) is 1. The fourth-order valence-corrected chi connectivity index (χ4v) is 2.70. The van der Waals surface area contributed by atoms with E-state index in [0.29, 0.717) is 6.04 Å². The van der Waals surface area contributed by atoms with E-state index in [-0.39, 0.29) is 6.10 Å². The third-order valence-corrected chi connectivity index (χ3v) is 3.58. The molecule has 1 aliphatic heterocycles. The molecule has 1 heterocycles. The number of nitrogens with zero attached hydrogens (tertiary/aromatic N) is 2. The van der Waals surface area contributed by atoms with Crippen molar-refractivity contribution in [3.05, 3.63) is 0 Å². The Morgan fingerprint density at radius 2 is 1.87 bits per heavy atom. The molecule has 0 aromatic carbocycles. The van der Waals surface area contributed by atoms with Crippen LogP contribution in [0.15, 0.2) is 0 Å². The molecular formula is C12H20N2O. The van der Waals surface area contributed by atoms with E-state index in [1.807, 2.05) is 0 Å². The van der Waals surface area contributed by atoms with Gasteiger partial charge in [-0.3, -0.25) is 4.90 Å². The fraction of sp³-hybridized carbons (Fsp3) is 0.917. The Hall–Kier alpha value is -0.590. The van der Waals surface area contributed by atoms with Crippen LogP contribution in [0.3, 0.4) is 0 Å². The van der Waals surface area contributed by atoms with Crippen LogP contribution in [-0.2, 0) is 4.74 Å². The smallest absolute Gasteiger partial charge is 0.156 e. The van der Waals surface area contributed by atoms with Crippen LogP contribution in [0.5, 0.6) is 0 Å². The predicted octanol–water partition coefficient (Wildman–Crippen LogP) is 1.93. The molecule has 0 spiro atoms. The van der Waals surface area contributed by atoms with Crippen LogP contribution >= 0.6 is 0 Å². The van der Waals surface area contributed by atoms with Crippen molar-refractivity contribution in [1.29, 1.82) is 5.26 Å². The van der Waals surface area contributed by atoms with E-state index in [1.165, 1.54) is 38.5 Å². The molecule has 0 aromatic heterocycles. The van der Waals surface area contributed by atoms with Gasteiger partial charge in [-0.25, -0.2) is 0 Å². The molecule has 2 aliphatic rings. The first-order valence-corrected chi connectivity index (χ1v) is 6.15. The Kier molecular flexibility index (Phi) is 3.99. The lowest BCUT2D eigenvalue weighted by Gasteiger charge is -2.35. The molecular weight excluding hydrogens is 188 g/mol. The van der Waals surface area contributed by atoms with Gasteiger partial charge >= 0.3 is 0 Å². The van der Waals surface area contributed by atoms with Crippen LogP contribution in [0.25, 0.3) is 0 Å². The van der Waals surface area contributed by atoms with Crippen molar-refractivity contribution in [2.24, 2.45) is 0 Å². The summed E-state index contributed by atoms with van der Waals surface area (Å²) in [6.45, 7) is 2.57. The Labute approximate surface area is 92.0 Å². The Morgan fingerprint density at radius 1 is 1.13 bits per heavy atom. The lowest BCUT2D eigenvalue weighted by atomic mass is 10.1. The third-order valence-electron chi connectivity index (χ3n) is 3.58. The van der Waals surface area contributed by atoms with Crippen LogP contribution in [0.1, 0.15) is 38.5 Å². The van der Waals surface area contributed by atoms with Crippen LogP contribution in [0.2, 0.25) is 0 Å². The highest BCUT2D eigenvalue weighted by atomic mass is 16.5.